The zero-order valence-corrected chi connectivity index (χ0v) is 34.5. The molecule has 2 heterocycles. The van der Waals surface area contributed by atoms with Crippen LogP contribution in [0.2, 0.25) is 0 Å². The summed E-state index contributed by atoms with van der Waals surface area (Å²) in [4.78, 5) is 62.4. The molecule has 1 aromatic heterocycles. The van der Waals surface area contributed by atoms with Crippen molar-refractivity contribution >= 4 is 23.9 Å². The summed E-state index contributed by atoms with van der Waals surface area (Å²) in [5.74, 6) is -1.02. The molecule has 5 amide bonds. The number of aromatic nitrogens is 1. The van der Waals surface area contributed by atoms with Crippen LogP contribution in [0.15, 0.2) is 66.7 Å². The number of aryl methyl sites for hydroxylation is 3. The second kappa shape index (κ2) is 19.7. The molecule has 13 heteroatoms. The summed E-state index contributed by atoms with van der Waals surface area (Å²) < 4.78 is 4.81. The van der Waals surface area contributed by atoms with Crippen molar-refractivity contribution in [3.8, 4) is 0 Å². The molecule has 5 unspecified atom stereocenters. The molecular weight excluding hydrogens is 711 g/mol. The highest BCUT2D eigenvalue weighted by Crippen LogP contribution is 2.24. The molecule has 56 heavy (non-hydrogen) atoms. The van der Waals surface area contributed by atoms with Crippen LogP contribution in [-0.2, 0) is 33.8 Å². The van der Waals surface area contributed by atoms with E-state index in [0.29, 0.717) is 32.5 Å². The average molecular weight is 772 g/mol. The molecule has 1 aliphatic heterocycles. The molecule has 13 nitrogen and oxygen atoms in total. The largest absolute Gasteiger partial charge is 0.453 e. The second-order valence-corrected chi connectivity index (χ2v) is 16.1. The van der Waals surface area contributed by atoms with Gasteiger partial charge in [0.1, 0.15) is 12.1 Å². The number of benzene rings is 2. The minimum atomic E-state index is -1.18. The van der Waals surface area contributed by atoms with Crippen molar-refractivity contribution in [2.24, 2.45) is 11.3 Å². The Kier molecular flexibility index (Phi) is 15.4. The summed E-state index contributed by atoms with van der Waals surface area (Å²) in [6.07, 6.45) is -0.977. The third-order valence-electron chi connectivity index (χ3n) is 10.5. The van der Waals surface area contributed by atoms with E-state index < -0.39 is 41.6 Å². The lowest BCUT2D eigenvalue weighted by molar-refractivity contribution is -0.132. The van der Waals surface area contributed by atoms with Crippen LogP contribution >= 0.6 is 0 Å². The number of pyridine rings is 1. The van der Waals surface area contributed by atoms with Crippen LogP contribution in [0.3, 0.4) is 0 Å². The normalized spacial score (nSPS) is 15.9. The van der Waals surface area contributed by atoms with Crippen molar-refractivity contribution in [1.82, 2.24) is 35.9 Å². The van der Waals surface area contributed by atoms with Crippen LogP contribution in [0.1, 0.15) is 74.7 Å². The number of aliphatic hydroxyl groups is 1. The fourth-order valence-corrected chi connectivity index (χ4v) is 6.94. The Morgan fingerprint density at radius 3 is 2.27 bits per heavy atom. The zero-order valence-electron chi connectivity index (χ0n) is 34.5. The number of amides is 5. The first kappa shape index (κ1) is 43.7. The molecule has 1 aliphatic rings. The number of nitrogens with one attached hydrogen (secondary N) is 3. The van der Waals surface area contributed by atoms with Gasteiger partial charge in [-0.2, -0.15) is 0 Å². The molecular formula is C43H61N7O6. The fraction of sp³-hybridized carbons (Fsp3) is 0.512. The van der Waals surface area contributed by atoms with E-state index in [1.807, 2.05) is 122 Å². The molecule has 1 saturated heterocycles. The highest BCUT2D eigenvalue weighted by Gasteiger charge is 2.41. The first-order valence-electron chi connectivity index (χ1n) is 19.5. The van der Waals surface area contributed by atoms with E-state index >= 15 is 0 Å². The van der Waals surface area contributed by atoms with Crippen LogP contribution < -0.4 is 16.1 Å². The van der Waals surface area contributed by atoms with Gasteiger partial charge < -0.3 is 30.3 Å². The van der Waals surface area contributed by atoms with E-state index in [9.17, 15) is 24.3 Å². The molecule has 0 bridgehead atoms. The smallest absolute Gasteiger partial charge is 0.407 e. The van der Waals surface area contributed by atoms with Crippen LogP contribution in [0.5, 0.6) is 0 Å². The van der Waals surface area contributed by atoms with Gasteiger partial charge in [0.25, 0.3) is 5.91 Å². The van der Waals surface area contributed by atoms with Crippen molar-refractivity contribution in [3.05, 3.63) is 100 Å². The molecule has 4 rings (SSSR count). The van der Waals surface area contributed by atoms with E-state index in [4.69, 9.17) is 4.74 Å². The number of hydrazine groups is 1. The Labute approximate surface area is 332 Å². The van der Waals surface area contributed by atoms with E-state index in [2.05, 4.69) is 21.0 Å². The van der Waals surface area contributed by atoms with Gasteiger partial charge in [0, 0.05) is 31.9 Å². The molecule has 0 spiro atoms. The SMILES string of the molecule is CCC(C)C(C(=O)NC(Cc1ccccc1)C(O)CN(Cc1ccc(C)c(C)c1)NC(=O)C(NC(=O)OC)C(C)(C)C)N1CCN(Cc2cccc(C)n2)C1=O. The third kappa shape index (κ3) is 12.0. The molecule has 0 saturated carbocycles. The fourth-order valence-electron chi connectivity index (χ4n) is 6.94. The van der Waals surface area contributed by atoms with Gasteiger partial charge in [0.2, 0.25) is 5.91 Å². The number of alkyl carbamates (subject to hydrolysis) is 1. The number of nitrogens with zero attached hydrogens (tertiary/aromatic N) is 4. The molecule has 2 aromatic carbocycles. The predicted octanol–water partition coefficient (Wildman–Crippen LogP) is 5.05. The van der Waals surface area contributed by atoms with Gasteiger partial charge in [0.15, 0.2) is 0 Å². The Morgan fingerprint density at radius 2 is 1.64 bits per heavy atom. The van der Waals surface area contributed by atoms with Gasteiger partial charge in [-0.25, -0.2) is 14.6 Å². The van der Waals surface area contributed by atoms with E-state index in [-0.39, 0.29) is 30.9 Å². The average Bonchev–Trinajstić information content (AvgIpc) is 3.49. The third-order valence-corrected chi connectivity index (χ3v) is 10.5. The number of hydrogen-bond acceptors (Lipinski definition) is 8. The van der Waals surface area contributed by atoms with Crippen LogP contribution in [0, 0.1) is 32.1 Å². The molecule has 5 atom stereocenters. The summed E-state index contributed by atoms with van der Waals surface area (Å²) in [5.41, 5.74) is 7.90. The number of aliphatic hydroxyl groups excluding tert-OH is 1. The predicted molar refractivity (Wildman–Crippen MR) is 216 cm³/mol. The van der Waals surface area contributed by atoms with Crippen molar-refractivity contribution in [3.63, 3.8) is 0 Å². The number of urea groups is 1. The molecule has 0 aliphatic carbocycles. The van der Waals surface area contributed by atoms with Gasteiger partial charge in [0.05, 0.1) is 31.5 Å². The molecule has 3 aromatic rings. The summed E-state index contributed by atoms with van der Waals surface area (Å²) >= 11 is 0. The first-order valence-corrected chi connectivity index (χ1v) is 19.5. The highest BCUT2D eigenvalue weighted by molar-refractivity contribution is 5.88. The lowest BCUT2D eigenvalue weighted by Gasteiger charge is -2.36. The molecule has 4 N–H and O–H groups in total. The van der Waals surface area contributed by atoms with Crippen LogP contribution in [0.25, 0.3) is 0 Å². The van der Waals surface area contributed by atoms with E-state index in [1.165, 1.54) is 7.11 Å². The maximum atomic E-state index is 14.5. The number of ether oxygens (including phenoxy) is 1. The lowest BCUT2D eigenvalue weighted by Crippen LogP contribution is -2.60. The quantitative estimate of drug-likeness (QED) is 0.139. The summed E-state index contributed by atoms with van der Waals surface area (Å²) in [6, 6.07) is 18.5. The molecule has 304 valence electrons. The summed E-state index contributed by atoms with van der Waals surface area (Å²) in [5, 5.41) is 19.5. The monoisotopic (exact) mass is 771 g/mol. The number of carbonyl (C=O) groups excluding carboxylic acids is 4. The zero-order chi connectivity index (χ0) is 41.2. The Hall–Kier alpha value is -5.01. The second-order valence-electron chi connectivity index (χ2n) is 16.1. The number of methoxy groups -OCH3 is 1. The lowest BCUT2D eigenvalue weighted by atomic mass is 9.86. The van der Waals surface area contributed by atoms with Crippen molar-refractivity contribution < 1.29 is 29.0 Å². The minimum absolute atomic E-state index is 0.0700. The Bertz CT molecular complexity index is 1800. The topological polar surface area (TPSA) is 156 Å². The van der Waals surface area contributed by atoms with Crippen molar-refractivity contribution in [2.75, 3.05) is 26.7 Å². The number of rotatable bonds is 17. The van der Waals surface area contributed by atoms with Gasteiger partial charge in [-0.1, -0.05) is 95.6 Å². The Morgan fingerprint density at radius 1 is 0.929 bits per heavy atom. The minimum Gasteiger partial charge on any atom is -0.453 e. The summed E-state index contributed by atoms with van der Waals surface area (Å²) in [6.45, 7) is 16.7. The molecule has 1 fully saturated rings. The van der Waals surface area contributed by atoms with Gasteiger partial charge in [-0.15, -0.1) is 0 Å². The molecule has 0 radical (unpaired) electrons. The Balaban J connectivity index is 1.62. The van der Waals surface area contributed by atoms with E-state index in [0.717, 1.165) is 33.6 Å². The number of carbonyl (C=O) groups is 4. The maximum absolute atomic E-state index is 14.5. The van der Waals surface area contributed by atoms with Gasteiger partial charge in [-0.05, 0) is 72.9 Å². The van der Waals surface area contributed by atoms with Crippen LogP contribution in [-0.4, -0.2) is 99.8 Å². The van der Waals surface area contributed by atoms with Crippen molar-refractivity contribution in [1.29, 1.82) is 0 Å². The van der Waals surface area contributed by atoms with Gasteiger partial charge >= 0.3 is 12.1 Å². The van der Waals surface area contributed by atoms with Crippen LogP contribution in [0.4, 0.5) is 9.59 Å². The van der Waals surface area contributed by atoms with Gasteiger partial charge in [-0.3, -0.25) is 20.0 Å². The van der Waals surface area contributed by atoms with Crippen molar-refractivity contribution in [2.45, 2.75) is 106 Å². The standard InChI is InChI=1S/C43H61N7O6/c1-10-28(2)37(50-22-21-48(42(50)55)26-34-18-14-15-31(5)44-34)39(52)45-35(24-32-16-12-11-13-17-32)36(51)27-49(25-33-20-19-29(3)30(4)23-33)47-40(53)38(43(6,7)8)46-41(54)56-9/h11-20,23,28,35-38,51H,10,21-22,24-27H2,1-9H3,(H,45,52)(H,46,54)(H,47,53). The number of hydrogen-bond donors (Lipinski definition) is 4. The highest BCUT2D eigenvalue weighted by atomic mass is 16.5. The first-order chi connectivity index (χ1) is 26.5. The maximum Gasteiger partial charge on any atom is 0.407 e. The van der Waals surface area contributed by atoms with E-state index in [1.54, 1.807) is 14.8 Å². The summed E-state index contributed by atoms with van der Waals surface area (Å²) in [7, 11) is 1.24.